The third-order valence-corrected chi connectivity index (χ3v) is 4.04. The average molecular weight is 242 g/mol. The predicted octanol–water partition coefficient (Wildman–Crippen LogP) is 2.96. The van der Waals surface area contributed by atoms with Crippen molar-refractivity contribution in [2.45, 2.75) is 38.5 Å². The van der Waals surface area contributed by atoms with Crippen LogP contribution in [0.3, 0.4) is 0 Å². The molecular formula is C13H20ClNO. The summed E-state index contributed by atoms with van der Waals surface area (Å²) in [7, 11) is 0. The third-order valence-electron chi connectivity index (χ3n) is 3.60. The van der Waals surface area contributed by atoms with Crippen LogP contribution in [0, 0.1) is 5.92 Å². The fourth-order valence-corrected chi connectivity index (χ4v) is 2.79. The number of carbonyl (C=O) groups is 1. The zero-order valence-corrected chi connectivity index (χ0v) is 10.5. The normalized spacial score (nSPS) is 26.1. The van der Waals surface area contributed by atoms with Crippen molar-refractivity contribution in [1.82, 2.24) is 4.90 Å². The van der Waals surface area contributed by atoms with E-state index >= 15 is 0 Å². The largest absolute Gasteiger partial charge is 0.342 e. The zero-order chi connectivity index (χ0) is 11.4. The highest BCUT2D eigenvalue weighted by atomic mass is 35.5. The lowest BCUT2D eigenvalue weighted by Gasteiger charge is -2.19. The SMILES string of the molecule is O=C1CC(CCl)CN1CCC1=CCCCC1. The molecular weight excluding hydrogens is 222 g/mol. The van der Waals surface area contributed by atoms with E-state index in [1.807, 2.05) is 4.90 Å². The molecule has 0 aromatic heterocycles. The Morgan fingerprint density at radius 1 is 1.44 bits per heavy atom. The predicted molar refractivity (Wildman–Crippen MR) is 66.6 cm³/mol. The molecule has 0 aromatic carbocycles. The molecule has 2 nitrogen and oxygen atoms in total. The molecule has 1 atom stereocenters. The molecule has 0 N–H and O–H groups in total. The summed E-state index contributed by atoms with van der Waals surface area (Å²) < 4.78 is 0. The van der Waals surface area contributed by atoms with Crippen LogP contribution in [-0.4, -0.2) is 29.8 Å². The number of hydrogen-bond acceptors (Lipinski definition) is 1. The molecule has 90 valence electrons. The topological polar surface area (TPSA) is 20.3 Å². The molecule has 1 amide bonds. The zero-order valence-electron chi connectivity index (χ0n) is 9.75. The number of halogens is 1. The van der Waals surface area contributed by atoms with Crippen molar-refractivity contribution in [1.29, 1.82) is 0 Å². The molecule has 2 aliphatic rings. The van der Waals surface area contributed by atoms with Crippen molar-refractivity contribution in [2.24, 2.45) is 5.92 Å². The lowest BCUT2D eigenvalue weighted by atomic mass is 9.97. The number of nitrogens with zero attached hydrogens (tertiary/aromatic N) is 1. The van der Waals surface area contributed by atoms with Gasteiger partial charge in [-0.15, -0.1) is 11.6 Å². The first kappa shape index (κ1) is 12.0. The van der Waals surface area contributed by atoms with E-state index < -0.39 is 0 Å². The molecule has 0 radical (unpaired) electrons. The van der Waals surface area contributed by atoms with Crippen LogP contribution in [0.1, 0.15) is 38.5 Å². The second kappa shape index (κ2) is 5.72. The smallest absolute Gasteiger partial charge is 0.222 e. The monoisotopic (exact) mass is 241 g/mol. The van der Waals surface area contributed by atoms with Crippen LogP contribution in [0.4, 0.5) is 0 Å². The Balaban J connectivity index is 1.77. The number of likely N-dealkylation sites (tertiary alicyclic amines) is 1. The van der Waals surface area contributed by atoms with E-state index in [1.54, 1.807) is 5.57 Å². The molecule has 0 bridgehead atoms. The number of carbonyl (C=O) groups excluding carboxylic acids is 1. The van der Waals surface area contributed by atoms with Crippen molar-refractivity contribution >= 4 is 17.5 Å². The lowest BCUT2D eigenvalue weighted by Crippen LogP contribution is -2.26. The number of rotatable bonds is 4. The van der Waals surface area contributed by atoms with E-state index in [1.165, 1.54) is 25.7 Å². The second-order valence-electron chi connectivity index (χ2n) is 4.92. The molecule has 1 unspecified atom stereocenters. The van der Waals surface area contributed by atoms with E-state index in [0.717, 1.165) is 19.5 Å². The van der Waals surface area contributed by atoms with Crippen molar-refractivity contribution < 1.29 is 4.79 Å². The Hall–Kier alpha value is -0.500. The summed E-state index contributed by atoms with van der Waals surface area (Å²) in [5.41, 5.74) is 1.55. The van der Waals surface area contributed by atoms with Crippen LogP contribution < -0.4 is 0 Å². The molecule has 1 heterocycles. The van der Waals surface area contributed by atoms with Crippen molar-refractivity contribution in [3.8, 4) is 0 Å². The summed E-state index contributed by atoms with van der Waals surface area (Å²) in [5, 5.41) is 0. The Morgan fingerprint density at radius 2 is 2.31 bits per heavy atom. The molecule has 2 rings (SSSR count). The van der Waals surface area contributed by atoms with Gasteiger partial charge in [0.2, 0.25) is 5.91 Å². The molecule has 1 saturated heterocycles. The second-order valence-corrected chi connectivity index (χ2v) is 5.23. The molecule has 1 aliphatic carbocycles. The van der Waals surface area contributed by atoms with Gasteiger partial charge in [-0.05, 0) is 38.0 Å². The van der Waals surface area contributed by atoms with E-state index in [9.17, 15) is 4.79 Å². The Labute approximate surface area is 103 Å². The van der Waals surface area contributed by atoms with E-state index in [2.05, 4.69) is 6.08 Å². The van der Waals surface area contributed by atoms with Gasteiger partial charge in [0.15, 0.2) is 0 Å². The highest BCUT2D eigenvalue weighted by molar-refractivity contribution is 6.18. The Morgan fingerprint density at radius 3 is 2.94 bits per heavy atom. The van der Waals surface area contributed by atoms with Crippen LogP contribution in [0.2, 0.25) is 0 Å². The number of allylic oxidation sites excluding steroid dienone is 1. The van der Waals surface area contributed by atoms with Gasteiger partial charge in [-0.1, -0.05) is 11.6 Å². The first-order valence-corrected chi connectivity index (χ1v) is 6.84. The quantitative estimate of drug-likeness (QED) is 0.548. The van der Waals surface area contributed by atoms with Gasteiger partial charge < -0.3 is 4.90 Å². The van der Waals surface area contributed by atoms with Gasteiger partial charge in [-0.3, -0.25) is 4.79 Å². The molecule has 1 aliphatic heterocycles. The molecule has 3 heteroatoms. The summed E-state index contributed by atoms with van der Waals surface area (Å²) in [6.45, 7) is 1.77. The molecule has 16 heavy (non-hydrogen) atoms. The van der Waals surface area contributed by atoms with Gasteiger partial charge in [-0.25, -0.2) is 0 Å². The minimum absolute atomic E-state index is 0.294. The summed E-state index contributed by atoms with van der Waals surface area (Å²) in [4.78, 5) is 13.7. The fraction of sp³-hybridized carbons (Fsp3) is 0.769. The molecule has 1 fully saturated rings. The van der Waals surface area contributed by atoms with Gasteiger partial charge in [0, 0.05) is 25.4 Å². The first-order valence-electron chi connectivity index (χ1n) is 6.31. The van der Waals surface area contributed by atoms with Gasteiger partial charge in [0.25, 0.3) is 0 Å². The van der Waals surface area contributed by atoms with Crippen LogP contribution in [0.5, 0.6) is 0 Å². The maximum atomic E-state index is 11.7. The maximum Gasteiger partial charge on any atom is 0.222 e. The van der Waals surface area contributed by atoms with Crippen LogP contribution in [0.15, 0.2) is 11.6 Å². The van der Waals surface area contributed by atoms with Crippen molar-refractivity contribution in [2.75, 3.05) is 19.0 Å². The standard InChI is InChI=1S/C13H20ClNO/c14-9-12-8-13(16)15(10-12)7-6-11-4-2-1-3-5-11/h4,12H,1-3,5-10H2. The van der Waals surface area contributed by atoms with E-state index in [-0.39, 0.29) is 0 Å². The van der Waals surface area contributed by atoms with Crippen LogP contribution in [0.25, 0.3) is 0 Å². The lowest BCUT2D eigenvalue weighted by molar-refractivity contribution is -0.127. The number of amides is 1. The molecule has 0 aromatic rings. The van der Waals surface area contributed by atoms with Gasteiger partial charge in [0.1, 0.15) is 0 Å². The van der Waals surface area contributed by atoms with Gasteiger partial charge >= 0.3 is 0 Å². The fourth-order valence-electron chi connectivity index (χ4n) is 2.58. The minimum atomic E-state index is 0.294. The average Bonchev–Trinajstić information content (AvgIpc) is 2.69. The number of alkyl halides is 1. The van der Waals surface area contributed by atoms with Crippen molar-refractivity contribution in [3.05, 3.63) is 11.6 Å². The van der Waals surface area contributed by atoms with Crippen LogP contribution >= 0.6 is 11.6 Å². The van der Waals surface area contributed by atoms with E-state index in [4.69, 9.17) is 11.6 Å². The highest BCUT2D eigenvalue weighted by Gasteiger charge is 2.28. The Kier molecular flexibility index (Phi) is 4.28. The first-order chi connectivity index (χ1) is 7.79. The highest BCUT2D eigenvalue weighted by Crippen LogP contribution is 2.23. The molecule has 0 spiro atoms. The molecule has 0 saturated carbocycles. The summed E-state index contributed by atoms with van der Waals surface area (Å²) in [5.74, 6) is 1.29. The Bertz CT molecular complexity index is 288. The third kappa shape index (κ3) is 3.00. The number of hydrogen-bond donors (Lipinski definition) is 0. The summed E-state index contributed by atoms with van der Waals surface area (Å²) in [6, 6.07) is 0. The summed E-state index contributed by atoms with van der Waals surface area (Å²) in [6.07, 6.45) is 9.21. The maximum absolute atomic E-state index is 11.7. The minimum Gasteiger partial charge on any atom is -0.342 e. The van der Waals surface area contributed by atoms with E-state index in [0.29, 0.717) is 24.1 Å². The summed E-state index contributed by atoms with van der Waals surface area (Å²) >= 11 is 5.80. The van der Waals surface area contributed by atoms with Gasteiger partial charge in [0.05, 0.1) is 0 Å². The van der Waals surface area contributed by atoms with Crippen molar-refractivity contribution in [3.63, 3.8) is 0 Å². The van der Waals surface area contributed by atoms with Crippen LogP contribution in [-0.2, 0) is 4.79 Å². The van der Waals surface area contributed by atoms with Gasteiger partial charge in [-0.2, -0.15) is 0 Å².